The van der Waals surface area contributed by atoms with E-state index >= 15 is 0 Å². The zero-order valence-electron chi connectivity index (χ0n) is 7.18. The van der Waals surface area contributed by atoms with E-state index in [1.54, 1.807) is 0 Å². The van der Waals surface area contributed by atoms with Crippen LogP contribution in [0.15, 0.2) is 0 Å². The fourth-order valence-corrected chi connectivity index (χ4v) is 0.540. The Bertz CT molecular complexity index is 194. The zero-order valence-corrected chi connectivity index (χ0v) is 7.18. The second-order valence-corrected chi connectivity index (χ2v) is 2.04. The van der Waals surface area contributed by atoms with Gasteiger partial charge in [0.1, 0.15) is 0 Å². The molecule has 0 aliphatic carbocycles. The number of methoxy groups -OCH3 is 1. The number of aliphatic hydroxyl groups is 2. The van der Waals surface area contributed by atoms with Crippen LogP contribution >= 0.6 is 0 Å². The minimum absolute atomic E-state index is 1.02. The van der Waals surface area contributed by atoms with Crippen molar-refractivity contribution in [3.63, 3.8) is 0 Å². The Balaban J connectivity index is 4.16. The minimum Gasteiger partial charge on any atom is -0.467 e. The number of carbonyl (C=O) groups excluding carboxylic acids is 2. The van der Waals surface area contributed by atoms with Gasteiger partial charge in [-0.3, -0.25) is 0 Å². The normalized spacial score (nSPS) is 14.5. The molecule has 0 aromatic rings. The third-order valence-corrected chi connectivity index (χ3v) is 1.19. The highest BCUT2D eigenvalue weighted by Crippen LogP contribution is 1.97. The van der Waals surface area contributed by atoms with Crippen LogP contribution in [0.1, 0.15) is 0 Å². The lowest BCUT2D eigenvalue weighted by molar-refractivity contribution is -0.175. The summed E-state index contributed by atoms with van der Waals surface area (Å²) in [5, 5.41) is 17.9. The third-order valence-electron chi connectivity index (χ3n) is 1.19. The Labute approximate surface area is 74.2 Å². The summed E-state index contributed by atoms with van der Waals surface area (Å²) in [5.41, 5.74) is 1.99. The van der Waals surface area contributed by atoms with Crippen molar-refractivity contribution in [2.24, 2.45) is 0 Å². The number of esters is 1. The lowest BCUT2D eigenvalue weighted by atomic mass is 10.2. The summed E-state index contributed by atoms with van der Waals surface area (Å²) in [6, 6.07) is 0. The number of ether oxygens (including phenoxy) is 1. The molecule has 7 nitrogen and oxygen atoms in total. The van der Waals surface area contributed by atoms with Crippen molar-refractivity contribution in [3.8, 4) is 0 Å². The van der Waals surface area contributed by atoms with Gasteiger partial charge >= 0.3 is 11.9 Å². The predicted octanol–water partition coefficient (Wildman–Crippen LogP) is -2.44. The molecule has 0 spiro atoms. The summed E-state index contributed by atoms with van der Waals surface area (Å²) in [6.07, 6.45) is -3.90. The number of hydroxylamine groups is 1. The van der Waals surface area contributed by atoms with Crippen molar-refractivity contribution in [2.45, 2.75) is 12.2 Å². The molecule has 7 heteroatoms. The summed E-state index contributed by atoms with van der Waals surface area (Å²) >= 11 is 0. The molecule has 2 atom stereocenters. The van der Waals surface area contributed by atoms with Gasteiger partial charge in [0, 0.05) is 7.05 Å². The van der Waals surface area contributed by atoms with E-state index in [1.807, 2.05) is 5.48 Å². The van der Waals surface area contributed by atoms with Gasteiger partial charge in [-0.05, 0) is 0 Å². The van der Waals surface area contributed by atoms with Crippen LogP contribution in [-0.4, -0.2) is 48.5 Å². The highest BCUT2D eigenvalue weighted by Gasteiger charge is 2.32. The Hall–Kier alpha value is -1.18. The molecule has 0 saturated carbocycles. The smallest absolute Gasteiger partial charge is 0.356 e. The van der Waals surface area contributed by atoms with Gasteiger partial charge in [0.25, 0.3) is 0 Å². The van der Waals surface area contributed by atoms with Crippen LogP contribution in [0.5, 0.6) is 0 Å². The first-order valence-electron chi connectivity index (χ1n) is 3.36. The molecule has 0 aromatic carbocycles. The van der Waals surface area contributed by atoms with E-state index in [0.717, 1.165) is 7.11 Å². The first-order valence-corrected chi connectivity index (χ1v) is 3.36. The monoisotopic (exact) mass is 193 g/mol. The molecule has 3 N–H and O–H groups in total. The molecule has 0 bridgehead atoms. The number of rotatable bonds is 4. The second kappa shape index (κ2) is 5.46. The Morgan fingerprint density at radius 2 is 1.69 bits per heavy atom. The number of carbonyl (C=O) groups is 2. The molecule has 0 radical (unpaired) electrons. The van der Waals surface area contributed by atoms with Gasteiger partial charge < -0.3 is 19.8 Å². The lowest BCUT2D eigenvalue weighted by Gasteiger charge is -2.13. The molecule has 0 rings (SSSR count). The third kappa shape index (κ3) is 3.36. The fraction of sp³-hybridized carbons (Fsp3) is 0.667. The van der Waals surface area contributed by atoms with Gasteiger partial charge in [-0.2, -0.15) is 5.48 Å². The van der Waals surface area contributed by atoms with Crippen LogP contribution in [0.2, 0.25) is 0 Å². The van der Waals surface area contributed by atoms with Crippen LogP contribution in [0.4, 0.5) is 0 Å². The van der Waals surface area contributed by atoms with Crippen molar-refractivity contribution in [1.82, 2.24) is 5.48 Å². The molecular weight excluding hydrogens is 182 g/mol. The topological polar surface area (TPSA) is 105 Å². The van der Waals surface area contributed by atoms with Crippen molar-refractivity contribution in [1.29, 1.82) is 0 Å². The SMILES string of the molecule is CNOC(=O)C(O)C(O)C(=O)OC. The summed E-state index contributed by atoms with van der Waals surface area (Å²) in [4.78, 5) is 25.4. The standard InChI is InChI=1S/C6H11NO6/c1-7-13-6(11)4(9)3(8)5(10)12-2/h3-4,7-9H,1-2H3. The van der Waals surface area contributed by atoms with Crippen LogP contribution < -0.4 is 5.48 Å². The minimum atomic E-state index is -1.96. The molecule has 0 heterocycles. The Morgan fingerprint density at radius 1 is 1.23 bits per heavy atom. The highest BCUT2D eigenvalue weighted by atomic mass is 16.7. The lowest BCUT2D eigenvalue weighted by Crippen LogP contribution is -2.42. The fourth-order valence-electron chi connectivity index (χ4n) is 0.540. The molecular formula is C6H11NO6. The van der Waals surface area contributed by atoms with E-state index in [4.69, 9.17) is 10.2 Å². The van der Waals surface area contributed by atoms with E-state index in [1.165, 1.54) is 7.05 Å². The van der Waals surface area contributed by atoms with E-state index < -0.39 is 24.1 Å². The summed E-state index contributed by atoms with van der Waals surface area (Å²) in [6.45, 7) is 0. The first-order chi connectivity index (χ1) is 6.04. The van der Waals surface area contributed by atoms with Crippen LogP contribution in [-0.2, 0) is 19.2 Å². The molecule has 0 fully saturated rings. The maximum atomic E-state index is 10.7. The van der Waals surface area contributed by atoms with Gasteiger partial charge in [0.2, 0.25) is 0 Å². The van der Waals surface area contributed by atoms with Crippen molar-refractivity contribution in [2.75, 3.05) is 14.2 Å². The second-order valence-electron chi connectivity index (χ2n) is 2.04. The van der Waals surface area contributed by atoms with E-state index in [-0.39, 0.29) is 0 Å². The molecule has 76 valence electrons. The number of hydrogen-bond acceptors (Lipinski definition) is 7. The van der Waals surface area contributed by atoms with Crippen molar-refractivity contribution < 1.29 is 29.4 Å². The summed E-state index contributed by atoms with van der Waals surface area (Å²) < 4.78 is 4.08. The molecule has 13 heavy (non-hydrogen) atoms. The van der Waals surface area contributed by atoms with E-state index in [9.17, 15) is 9.59 Å². The predicted molar refractivity (Wildman–Crippen MR) is 39.2 cm³/mol. The van der Waals surface area contributed by atoms with Gasteiger partial charge in [0.15, 0.2) is 12.2 Å². The van der Waals surface area contributed by atoms with Gasteiger partial charge in [-0.15, -0.1) is 0 Å². The average Bonchev–Trinajstić information content (AvgIpc) is 2.14. The zero-order chi connectivity index (χ0) is 10.4. The van der Waals surface area contributed by atoms with Gasteiger partial charge in [-0.25, -0.2) is 9.59 Å². The van der Waals surface area contributed by atoms with Crippen LogP contribution in [0.25, 0.3) is 0 Å². The first kappa shape index (κ1) is 11.8. The maximum absolute atomic E-state index is 10.7. The van der Waals surface area contributed by atoms with E-state index in [0.29, 0.717) is 0 Å². The largest absolute Gasteiger partial charge is 0.467 e. The summed E-state index contributed by atoms with van der Waals surface area (Å²) in [5.74, 6) is -2.28. The quantitative estimate of drug-likeness (QED) is 0.336. The summed E-state index contributed by atoms with van der Waals surface area (Å²) in [7, 11) is 2.30. The molecule has 0 aliphatic heterocycles. The highest BCUT2D eigenvalue weighted by molar-refractivity contribution is 5.84. The Kier molecular flexibility index (Phi) is 4.97. The maximum Gasteiger partial charge on any atom is 0.356 e. The van der Waals surface area contributed by atoms with Gasteiger partial charge in [0.05, 0.1) is 7.11 Å². The molecule has 0 aromatic heterocycles. The van der Waals surface area contributed by atoms with Crippen molar-refractivity contribution in [3.05, 3.63) is 0 Å². The Morgan fingerprint density at radius 3 is 2.08 bits per heavy atom. The number of hydrogen-bond donors (Lipinski definition) is 3. The number of aliphatic hydroxyl groups excluding tert-OH is 2. The molecule has 0 saturated heterocycles. The molecule has 2 unspecified atom stereocenters. The van der Waals surface area contributed by atoms with Crippen LogP contribution in [0, 0.1) is 0 Å². The average molecular weight is 193 g/mol. The van der Waals surface area contributed by atoms with Gasteiger partial charge in [-0.1, -0.05) is 0 Å². The molecule has 0 aliphatic rings. The van der Waals surface area contributed by atoms with Crippen LogP contribution in [0.3, 0.4) is 0 Å². The number of nitrogens with one attached hydrogen (secondary N) is 1. The van der Waals surface area contributed by atoms with E-state index in [2.05, 4.69) is 9.57 Å². The molecule has 0 amide bonds. The van der Waals surface area contributed by atoms with Crippen molar-refractivity contribution >= 4 is 11.9 Å².